The van der Waals surface area contributed by atoms with Crippen molar-refractivity contribution >= 4 is 23.0 Å². The molecule has 0 bridgehead atoms. The Balaban J connectivity index is 1.61. The largest absolute Gasteiger partial charge is 0.351 e. The summed E-state index contributed by atoms with van der Waals surface area (Å²) in [7, 11) is 0. The van der Waals surface area contributed by atoms with E-state index in [1.807, 2.05) is 24.4 Å². The van der Waals surface area contributed by atoms with Crippen LogP contribution in [-0.4, -0.2) is 14.7 Å². The molecule has 1 N–H and O–H groups in total. The highest BCUT2D eigenvalue weighted by Gasteiger charge is 2.41. The highest BCUT2D eigenvalue weighted by atomic mass is 32.1. The van der Waals surface area contributed by atoms with Crippen LogP contribution in [0.4, 0.5) is 5.69 Å². The molecule has 1 saturated heterocycles. The van der Waals surface area contributed by atoms with E-state index >= 15 is 0 Å². The topological polar surface area (TPSA) is 33.1 Å². The van der Waals surface area contributed by atoms with Crippen molar-refractivity contribution in [1.29, 1.82) is 0 Å². The Labute approximate surface area is 181 Å². The molecule has 0 saturated carbocycles. The number of nitrogens with one attached hydrogen (secondary N) is 1. The number of anilines is 1. The third kappa shape index (κ3) is 3.37. The molecule has 148 valence electrons. The van der Waals surface area contributed by atoms with Crippen LogP contribution in [0.3, 0.4) is 0 Å². The zero-order chi connectivity index (χ0) is 20.5. The number of aryl methyl sites for hydroxylation is 1. The predicted octanol–water partition coefficient (Wildman–Crippen LogP) is 5.36. The summed E-state index contributed by atoms with van der Waals surface area (Å²) in [5.41, 5.74) is 5.59. The van der Waals surface area contributed by atoms with Gasteiger partial charge in [0.25, 0.3) is 0 Å². The van der Waals surface area contributed by atoms with E-state index in [9.17, 15) is 0 Å². The summed E-state index contributed by atoms with van der Waals surface area (Å²) < 4.78 is 2.15. The van der Waals surface area contributed by atoms with Crippen LogP contribution in [-0.2, 0) is 0 Å². The molecule has 0 amide bonds. The zero-order valence-corrected chi connectivity index (χ0v) is 17.5. The number of rotatable bonds is 4. The number of thiocarbonyl (C=S) groups is 1. The first-order valence-corrected chi connectivity index (χ1v) is 10.4. The summed E-state index contributed by atoms with van der Waals surface area (Å²) in [6, 6.07) is 27.0. The van der Waals surface area contributed by atoms with E-state index in [4.69, 9.17) is 12.2 Å². The summed E-state index contributed by atoms with van der Waals surface area (Å²) >= 11 is 5.80. The Hall–Kier alpha value is -3.44. The van der Waals surface area contributed by atoms with Crippen molar-refractivity contribution in [3.05, 3.63) is 114 Å². The highest BCUT2D eigenvalue weighted by molar-refractivity contribution is 7.80. The Bertz CT molecular complexity index is 1170. The maximum Gasteiger partial charge on any atom is 0.174 e. The molecule has 5 rings (SSSR count). The summed E-state index contributed by atoms with van der Waals surface area (Å²) in [5, 5.41) is 4.24. The van der Waals surface area contributed by atoms with Gasteiger partial charge in [0.1, 0.15) is 0 Å². The minimum absolute atomic E-state index is 0.000776. The molecule has 1 fully saturated rings. The first kappa shape index (κ1) is 18.6. The lowest BCUT2D eigenvalue weighted by Gasteiger charge is -2.27. The molecule has 0 aliphatic carbocycles. The second kappa shape index (κ2) is 7.76. The monoisotopic (exact) mass is 410 g/mol. The van der Waals surface area contributed by atoms with Gasteiger partial charge in [-0.1, -0.05) is 36.4 Å². The molecule has 0 radical (unpaired) electrons. The van der Waals surface area contributed by atoms with Gasteiger partial charge in [-0.2, -0.15) is 0 Å². The van der Waals surface area contributed by atoms with Crippen molar-refractivity contribution in [2.75, 3.05) is 4.90 Å². The average Bonchev–Trinajstić information content (AvgIpc) is 3.39. The number of aromatic nitrogens is 2. The van der Waals surface area contributed by atoms with E-state index in [1.54, 1.807) is 0 Å². The minimum atomic E-state index is -0.0363. The van der Waals surface area contributed by atoms with Gasteiger partial charge in [0.15, 0.2) is 5.11 Å². The number of hydrogen-bond acceptors (Lipinski definition) is 2. The van der Waals surface area contributed by atoms with Gasteiger partial charge in [-0.25, -0.2) is 0 Å². The minimum Gasteiger partial charge on any atom is -0.351 e. The molecular weight excluding hydrogens is 388 g/mol. The summed E-state index contributed by atoms with van der Waals surface area (Å²) in [6.45, 7) is 2.10. The van der Waals surface area contributed by atoms with Gasteiger partial charge in [-0.15, -0.1) is 0 Å². The van der Waals surface area contributed by atoms with Crippen molar-refractivity contribution in [3.63, 3.8) is 0 Å². The fourth-order valence-electron chi connectivity index (χ4n) is 4.10. The highest BCUT2D eigenvalue weighted by Crippen LogP contribution is 2.41. The average molecular weight is 411 g/mol. The SMILES string of the molecule is Cc1cccc(N2C(=S)N[C@H](c3ccccn3)[C@@H]2c2ccn(-c3ccccc3)c2)c1. The molecule has 4 aromatic rings. The molecule has 2 aromatic carbocycles. The normalized spacial score (nSPS) is 18.4. The molecule has 2 aromatic heterocycles. The van der Waals surface area contributed by atoms with Crippen LogP contribution < -0.4 is 10.2 Å². The van der Waals surface area contributed by atoms with Crippen molar-refractivity contribution < 1.29 is 0 Å². The van der Waals surface area contributed by atoms with Crippen molar-refractivity contribution in [3.8, 4) is 5.69 Å². The molecule has 30 heavy (non-hydrogen) atoms. The Kier molecular flexibility index (Phi) is 4.81. The van der Waals surface area contributed by atoms with Crippen molar-refractivity contribution in [1.82, 2.24) is 14.9 Å². The van der Waals surface area contributed by atoms with Crippen LogP contribution in [0.2, 0.25) is 0 Å². The number of hydrogen-bond donors (Lipinski definition) is 1. The second-order valence-corrected chi connectivity index (χ2v) is 7.91. The standard InChI is InChI=1S/C25H22N4S/c1-18-8-7-11-21(16-18)29-24(23(27-25(29)30)22-12-5-6-14-26-22)19-13-15-28(17-19)20-9-3-2-4-10-20/h2-17,23-24H,1H3,(H,27,30)/t23-,24+/m1/s1. The molecule has 3 heterocycles. The number of pyridine rings is 1. The van der Waals surface area contributed by atoms with E-state index < -0.39 is 0 Å². The van der Waals surface area contributed by atoms with Crippen LogP contribution in [0.5, 0.6) is 0 Å². The van der Waals surface area contributed by atoms with Gasteiger partial charge in [-0.3, -0.25) is 4.98 Å². The quantitative estimate of drug-likeness (QED) is 0.459. The maximum absolute atomic E-state index is 5.80. The fourth-order valence-corrected chi connectivity index (χ4v) is 4.44. The van der Waals surface area contributed by atoms with E-state index in [-0.39, 0.29) is 12.1 Å². The van der Waals surface area contributed by atoms with Crippen LogP contribution in [0, 0.1) is 6.92 Å². The summed E-state index contributed by atoms with van der Waals surface area (Å²) in [4.78, 5) is 6.84. The third-order valence-corrected chi connectivity index (χ3v) is 5.80. The summed E-state index contributed by atoms with van der Waals surface area (Å²) in [6.07, 6.45) is 6.13. The maximum atomic E-state index is 5.80. The van der Waals surface area contributed by atoms with Crippen molar-refractivity contribution in [2.24, 2.45) is 0 Å². The van der Waals surface area contributed by atoms with E-state index in [0.29, 0.717) is 5.11 Å². The zero-order valence-electron chi connectivity index (χ0n) is 16.6. The molecular formula is C25H22N4S. The van der Waals surface area contributed by atoms with E-state index in [1.165, 1.54) is 11.1 Å². The lowest BCUT2D eigenvalue weighted by atomic mass is 9.98. The molecule has 5 heteroatoms. The van der Waals surface area contributed by atoms with Gasteiger partial charge < -0.3 is 14.8 Å². The fraction of sp³-hybridized carbons (Fsp3) is 0.120. The first-order chi connectivity index (χ1) is 14.7. The molecule has 4 nitrogen and oxygen atoms in total. The summed E-state index contributed by atoms with van der Waals surface area (Å²) in [5.74, 6) is 0. The van der Waals surface area contributed by atoms with Crippen LogP contribution in [0.1, 0.15) is 28.9 Å². The van der Waals surface area contributed by atoms with E-state index in [0.717, 1.165) is 17.1 Å². The molecule has 0 unspecified atom stereocenters. The van der Waals surface area contributed by atoms with Crippen LogP contribution >= 0.6 is 12.2 Å². The molecule has 0 spiro atoms. The lowest BCUT2D eigenvalue weighted by Crippen LogP contribution is -2.29. The number of nitrogens with zero attached hydrogens (tertiary/aromatic N) is 3. The number of benzene rings is 2. The van der Waals surface area contributed by atoms with Gasteiger partial charge in [0, 0.05) is 30.0 Å². The van der Waals surface area contributed by atoms with Gasteiger partial charge in [-0.05, 0) is 72.7 Å². The third-order valence-electron chi connectivity index (χ3n) is 5.49. The van der Waals surface area contributed by atoms with E-state index in [2.05, 4.69) is 99.7 Å². The van der Waals surface area contributed by atoms with Gasteiger partial charge >= 0.3 is 0 Å². The van der Waals surface area contributed by atoms with Crippen LogP contribution in [0.15, 0.2) is 97.5 Å². The molecule has 2 atom stereocenters. The lowest BCUT2D eigenvalue weighted by molar-refractivity contribution is 0.568. The Morgan fingerprint density at radius 3 is 2.47 bits per heavy atom. The molecule has 1 aliphatic heterocycles. The van der Waals surface area contributed by atoms with Crippen LogP contribution in [0.25, 0.3) is 5.69 Å². The molecule has 1 aliphatic rings. The predicted molar refractivity (Wildman–Crippen MR) is 125 cm³/mol. The second-order valence-electron chi connectivity index (χ2n) is 7.52. The Morgan fingerprint density at radius 1 is 0.900 bits per heavy atom. The number of para-hydroxylation sites is 1. The first-order valence-electron chi connectivity index (χ1n) is 10.0. The smallest absolute Gasteiger partial charge is 0.174 e. The Morgan fingerprint density at radius 2 is 1.70 bits per heavy atom. The van der Waals surface area contributed by atoms with Gasteiger partial charge in [0.2, 0.25) is 0 Å². The van der Waals surface area contributed by atoms with Crippen molar-refractivity contribution in [2.45, 2.75) is 19.0 Å². The van der Waals surface area contributed by atoms with Gasteiger partial charge in [0.05, 0.1) is 17.8 Å².